The average molecular weight is 320 g/mol. The first-order valence-corrected chi connectivity index (χ1v) is 7.84. The smallest absolute Gasteiger partial charge is 0.138 e. The zero-order valence-corrected chi connectivity index (χ0v) is 13.9. The highest BCUT2D eigenvalue weighted by atomic mass is 35.5. The molecule has 1 atom stereocenters. The molecule has 0 amide bonds. The van der Waals surface area contributed by atoms with Gasteiger partial charge in [0.25, 0.3) is 0 Å². The van der Waals surface area contributed by atoms with Gasteiger partial charge in [-0.2, -0.15) is 0 Å². The fourth-order valence-electron chi connectivity index (χ4n) is 2.01. The number of benzene rings is 2. The van der Waals surface area contributed by atoms with Gasteiger partial charge < -0.3 is 14.8 Å². The van der Waals surface area contributed by atoms with Gasteiger partial charge in [0, 0.05) is 11.8 Å². The maximum absolute atomic E-state index is 6.09. The molecule has 0 bridgehead atoms. The fourth-order valence-corrected chi connectivity index (χ4v) is 2.19. The summed E-state index contributed by atoms with van der Waals surface area (Å²) in [5, 5.41) is 3.98. The largest absolute Gasteiger partial charge is 0.491 e. The summed E-state index contributed by atoms with van der Waals surface area (Å²) in [4.78, 5) is 0. The molecule has 0 heterocycles. The average Bonchev–Trinajstić information content (AvgIpc) is 2.47. The Morgan fingerprint density at radius 1 is 1.00 bits per heavy atom. The van der Waals surface area contributed by atoms with Crippen LogP contribution in [0.25, 0.3) is 0 Å². The lowest BCUT2D eigenvalue weighted by Crippen LogP contribution is -2.22. The highest BCUT2D eigenvalue weighted by Crippen LogP contribution is 2.24. The van der Waals surface area contributed by atoms with Crippen molar-refractivity contribution in [1.82, 2.24) is 0 Å². The highest BCUT2D eigenvalue weighted by molar-refractivity contribution is 6.32. The van der Waals surface area contributed by atoms with Gasteiger partial charge in [0.05, 0.1) is 17.7 Å². The molecular formula is C18H22ClNO2. The number of halogens is 1. The number of rotatable bonds is 7. The van der Waals surface area contributed by atoms with Gasteiger partial charge in [-0.05, 0) is 45.0 Å². The third kappa shape index (κ3) is 5.15. The van der Waals surface area contributed by atoms with E-state index < -0.39 is 0 Å². The first kappa shape index (κ1) is 16.5. The summed E-state index contributed by atoms with van der Waals surface area (Å²) in [7, 11) is 0. The first-order chi connectivity index (χ1) is 10.5. The van der Waals surface area contributed by atoms with Crippen molar-refractivity contribution in [2.24, 2.45) is 0 Å². The molecule has 22 heavy (non-hydrogen) atoms. The molecule has 0 radical (unpaired) electrons. The van der Waals surface area contributed by atoms with Gasteiger partial charge in [-0.25, -0.2) is 0 Å². The van der Waals surface area contributed by atoms with E-state index >= 15 is 0 Å². The Balaban J connectivity index is 1.88. The summed E-state index contributed by atoms with van der Waals surface area (Å²) in [6.07, 6.45) is 0.160. The van der Waals surface area contributed by atoms with Gasteiger partial charge in [0.1, 0.15) is 17.6 Å². The van der Waals surface area contributed by atoms with Crippen LogP contribution in [-0.2, 0) is 0 Å². The third-order valence-corrected chi connectivity index (χ3v) is 3.28. The Kier molecular flexibility index (Phi) is 5.96. The third-order valence-electron chi connectivity index (χ3n) is 2.96. The van der Waals surface area contributed by atoms with Crippen molar-refractivity contribution in [2.75, 3.05) is 11.9 Å². The number of hydrogen-bond donors (Lipinski definition) is 1. The minimum absolute atomic E-state index is 0.00502. The van der Waals surface area contributed by atoms with Gasteiger partial charge in [-0.15, -0.1) is 0 Å². The lowest BCUT2D eigenvalue weighted by Gasteiger charge is -2.17. The quantitative estimate of drug-likeness (QED) is 0.778. The molecule has 0 fully saturated rings. The molecule has 0 saturated heterocycles. The predicted octanol–water partition coefficient (Wildman–Crippen LogP) is 5.01. The number of ether oxygens (including phenoxy) is 2. The second-order valence-electron chi connectivity index (χ2n) is 5.43. The van der Waals surface area contributed by atoms with Crippen LogP contribution in [0.3, 0.4) is 0 Å². The fraction of sp³-hybridized carbons (Fsp3) is 0.333. The van der Waals surface area contributed by atoms with Crippen LogP contribution in [0.15, 0.2) is 48.5 Å². The van der Waals surface area contributed by atoms with E-state index in [4.69, 9.17) is 21.1 Å². The van der Waals surface area contributed by atoms with Crippen molar-refractivity contribution < 1.29 is 9.47 Å². The minimum atomic E-state index is -0.00502. The lowest BCUT2D eigenvalue weighted by atomic mass is 10.2. The van der Waals surface area contributed by atoms with Crippen molar-refractivity contribution in [3.63, 3.8) is 0 Å². The maximum atomic E-state index is 6.09. The summed E-state index contributed by atoms with van der Waals surface area (Å²) < 4.78 is 11.5. The monoisotopic (exact) mass is 319 g/mol. The zero-order valence-electron chi connectivity index (χ0n) is 13.2. The van der Waals surface area contributed by atoms with Gasteiger partial charge >= 0.3 is 0 Å². The molecule has 0 aromatic heterocycles. The molecule has 0 saturated carbocycles. The molecule has 1 unspecified atom stereocenters. The van der Waals surface area contributed by atoms with Crippen LogP contribution >= 0.6 is 11.6 Å². The first-order valence-electron chi connectivity index (χ1n) is 7.46. The van der Waals surface area contributed by atoms with E-state index in [2.05, 4.69) is 5.32 Å². The Hall–Kier alpha value is -1.87. The summed E-state index contributed by atoms with van der Waals surface area (Å²) in [5.41, 5.74) is 1.01. The van der Waals surface area contributed by atoms with E-state index in [1.54, 1.807) is 0 Å². The van der Waals surface area contributed by atoms with Crippen molar-refractivity contribution in [3.05, 3.63) is 53.6 Å². The summed E-state index contributed by atoms with van der Waals surface area (Å²) in [6, 6.07) is 15.4. The number of hydrogen-bond acceptors (Lipinski definition) is 3. The Labute approximate surface area is 137 Å². The summed E-state index contributed by atoms with van der Waals surface area (Å²) in [5.74, 6) is 1.56. The van der Waals surface area contributed by atoms with Crippen LogP contribution in [0.2, 0.25) is 5.02 Å². The molecule has 1 N–H and O–H groups in total. The van der Waals surface area contributed by atoms with Crippen LogP contribution in [-0.4, -0.2) is 18.8 Å². The molecular weight excluding hydrogens is 298 g/mol. The van der Waals surface area contributed by atoms with E-state index in [1.165, 1.54) is 0 Å². The molecule has 2 aromatic rings. The van der Waals surface area contributed by atoms with Gasteiger partial charge in [0.2, 0.25) is 0 Å². The molecule has 0 aliphatic rings. The predicted molar refractivity (Wildman–Crippen MR) is 92.2 cm³/mol. The van der Waals surface area contributed by atoms with Gasteiger partial charge in [0.15, 0.2) is 0 Å². The normalized spacial score (nSPS) is 12.0. The minimum Gasteiger partial charge on any atom is -0.491 e. The molecule has 0 spiro atoms. The van der Waals surface area contributed by atoms with Crippen LogP contribution < -0.4 is 14.8 Å². The Morgan fingerprint density at radius 3 is 2.50 bits per heavy atom. The Morgan fingerprint density at radius 2 is 1.77 bits per heavy atom. The molecule has 0 aliphatic heterocycles. The molecule has 2 aromatic carbocycles. The highest BCUT2D eigenvalue weighted by Gasteiger charge is 2.07. The van der Waals surface area contributed by atoms with Crippen LogP contribution in [0.1, 0.15) is 20.8 Å². The second-order valence-corrected chi connectivity index (χ2v) is 5.84. The SMILES string of the molecule is CC(C)Oc1cccc(NCC(C)Oc2ccccc2Cl)c1. The van der Waals surface area contributed by atoms with Gasteiger partial charge in [-0.3, -0.25) is 0 Å². The van der Waals surface area contributed by atoms with Crippen molar-refractivity contribution in [3.8, 4) is 11.5 Å². The standard InChI is InChI=1S/C18H22ClNO2/c1-13(2)21-16-8-6-7-15(11-16)20-12-14(3)22-18-10-5-4-9-17(18)19/h4-11,13-14,20H,12H2,1-3H3. The number of nitrogens with one attached hydrogen (secondary N) is 1. The number of anilines is 1. The summed E-state index contributed by atoms with van der Waals surface area (Å²) in [6.45, 7) is 6.71. The molecule has 118 valence electrons. The van der Waals surface area contributed by atoms with Crippen molar-refractivity contribution in [1.29, 1.82) is 0 Å². The van der Waals surface area contributed by atoms with Crippen LogP contribution in [0.5, 0.6) is 11.5 Å². The zero-order chi connectivity index (χ0) is 15.9. The van der Waals surface area contributed by atoms with E-state index in [9.17, 15) is 0 Å². The van der Waals surface area contributed by atoms with Crippen molar-refractivity contribution in [2.45, 2.75) is 33.0 Å². The summed E-state index contributed by atoms with van der Waals surface area (Å²) >= 11 is 6.09. The molecule has 4 heteroatoms. The lowest BCUT2D eigenvalue weighted by molar-refractivity contribution is 0.234. The number of para-hydroxylation sites is 1. The maximum Gasteiger partial charge on any atom is 0.138 e. The molecule has 0 aliphatic carbocycles. The molecule has 3 nitrogen and oxygen atoms in total. The van der Waals surface area contributed by atoms with E-state index in [0.717, 1.165) is 11.4 Å². The van der Waals surface area contributed by atoms with Crippen molar-refractivity contribution >= 4 is 17.3 Å². The molecule has 2 rings (SSSR count). The van der Waals surface area contributed by atoms with E-state index in [0.29, 0.717) is 17.3 Å². The topological polar surface area (TPSA) is 30.5 Å². The van der Waals surface area contributed by atoms with Gasteiger partial charge in [-0.1, -0.05) is 29.8 Å². The second kappa shape index (κ2) is 7.95. The van der Waals surface area contributed by atoms with Crippen LogP contribution in [0, 0.1) is 0 Å². The van der Waals surface area contributed by atoms with E-state index in [-0.39, 0.29) is 12.2 Å². The van der Waals surface area contributed by atoms with Crippen LogP contribution in [0.4, 0.5) is 5.69 Å². The Bertz CT molecular complexity index is 601. The van der Waals surface area contributed by atoms with E-state index in [1.807, 2.05) is 69.3 Å².